The van der Waals surface area contributed by atoms with E-state index in [2.05, 4.69) is 15.3 Å². The second kappa shape index (κ2) is 6.04. The molecule has 0 saturated heterocycles. The predicted molar refractivity (Wildman–Crippen MR) is 73.9 cm³/mol. The van der Waals surface area contributed by atoms with E-state index in [1.807, 2.05) is 6.92 Å². The van der Waals surface area contributed by atoms with Gasteiger partial charge in [0.2, 0.25) is 11.8 Å². The van der Waals surface area contributed by atoms with Crippen molar-refractivity contribution in [2.24, 2.45) is 0 Å². The predicted octanol–water partition coefficient (Wildman–Crippen LogP) is -0.639. The summed E-state index contributed by atoms with van der Waals surface area (Å²) in [6.45, 7) is 3.12. The summed E-state index contributed by atoms with van der Waals surface area (Å²) >= 11 is 0. The zero-order valence-electron chi connectivity index (χ0n) is 12.1. The van der Waals surface area contributed by atoms with Crippen molar-refractivity contribution in [3.63, 3.8) is 0 Å². The molecule has 2 rings (SSSR count). The molecule has 1 aliphatic heterocycles. The summed E-state index contributed by atoms with van der Waals surface area (Å²) in [4.78, 5) is 34.6. The van der Waals surface area contributed by atoms with Crippen molar-refractivity contribution in [3.05, 3.63) is 17.7 Å². The van der Waals surface area contributed by atoms with Crippen LogP contribution in [0.2, 0.25) is 0 Å². The molecule has 7 heteroatoms. The lowest BCUT2D eigenvalue weighted by atomic mass is 10.0. The molecule has 0 bridgehead atoms. The van der Waals surface area contributed by atoms with Crippen molar-refractivity contribution in [3.8, 4) is 0 Å². The fourth-order valence-electron chi connectivity index (χ4n) is 2.21. The van der Waals surface area contributed by atoms with Gasteiger partial charge in [-0.2, -0.15) is 0 Å². The Labute approximate surface area is 118 Å². The van der Waals surface area contributed by atoms with Crippen LogP contribution in [0.5, 0.6) is 0 Å². The molecule has 1 aromatic rings. The SMILES string of the molecule is CCN(CC(=O)N(C)C)C(=O)C1Cc2nc[nH]c2CN1. The summed E-state index contributed by atoms with van der Waals surface area (Å²) in [6.07, 6.45) is 2.21. The minimum absolute atomic E-state index is 0.0450. The molecule has 0 aromatic carbocycles. The quantitative estimate of drug-likeness (QED) is 0.768. The molecule has 110 valence electrons. The van der Waals surface area contributed by atoms with Gasteiger partial charge in [0.25, 0.3) is 0 Å². The van der Waals surface area contributed by atoms with Crippen LogP contribution in [0.1, 0.15) is 18.3 Å². The second-order valence-electron chi connectivity index (χ2n) is 5.11. The number of fused-ring (bicyclic) bond motifs is 1. The Balaban J connectivity index is 2.01. The number of carbonyl (C=O) groups excluding carboxylic acids is 2. The lowest BCUT2D eigenvalue weighted by Gasteiger charge is -2.29. The molecule has 7 nitrogen and oxygen atoms in total. The number of rotatable bonds is 4. The Hall–Kier alpha value is -1.89. The van der Waals surface area contributed by atoms with Gasteiger partial charge in [0.15, 0.2) is 0 Å². The Morgan fingerprint density at radius 1 is 1.45 bits per heavy atom. The van der Waals surface area contributed by atoms with Gasteiger partial charge >= 0.3 is 0 Å². The molecular weight excluding hydrogens is 258 g/mol. The molecule has 0 saturated carbocycles. The summed E-state index contributed by atoms with van der Waals surface area (Å²) in [5.74, 6) is -0.118. The molecule has 1 unspecified atom stereocenters. The van der Waals surface area contributed by atoms with Crippen molar-refractivity contribution in [2.45, 2.75) is 25.9 Å². The first kappa shape index (κ1) is 14.5. The Kier molecular flexibility index (Phi) is 4.39. The number of hydrogen-bond acceptors (Lipinski definition) is 4. The van der Waals surface area contributed by atoms with Gasteiger partial charge in [0.1, 0.15) is 0 Å². The van der Waals surface area contributed by atoms with E-state index in [0.717, 1.165) is 11.4 Å². The van der Waals surface area contributed by atoms with Gasteiger partial charge in [-0.1, -0.05) is 0 Å². The van der Waals surface area contributed by atoms with E-state index < -0.39 is 0 Å². The highest BCUT2D eigenvalue weighted by Gasteiger charge is 2.29. The van der Waals surface area contributed by atoms with Crippen molar-refractivity contribution in [2.75, 3.05) is 27.2 Å². The first-order chi connectivity index (χ1) is 9.52. The number of nitrogens with one attached hydrogen (secondary N) is 2. The first-order valence-electron chi connectivity index (χ1n) is 6.76. The lowest BCUT2D eigenvalue weighted by Crippen LogP contribution is -2.51. The molecule has 0 fully saturated rings. The van der Waals surface area contributed by atoms with Crippen LogP contribution in [0, 0.1) is 0 Å². The minimum atomic E-state index is -0.305. The minimum Gasteiger partial charge on any atom is -0.347 e. The zero-order chi connectivity index (χ0) is 14.7. The molecule has 20 heavy (non-hydrogen) atoms. The number of aromatic nitrogens is 2. The number of carbonyl (C=O) groups is 2. The molecule has 2 heterocycles. The van der Waals surface area contributed by atoms with Crippen LogP contribution in [0.25, 0.3) is 0 Å². The summed E-state index contributed by atoms with van der Waals surface area (Å²) in [7, 11) is 3.38. The standard InChI is InChI=1S/C13H21N5O2/c1-4-18(7-12(19)17(2)3)13(20)10-5-9-11(6-14-10)16-8-15-9/h8,10,14H,4-7H2,1-3H3,(H,15,16). The van der Waals surface area contributed by atoms with E-state index in [1.165, 1.54) is 4.90 Å². The number of likely N-dealkylation sites (N-methyl/N-ethyl adjacent to an activating group) is 2. The van der Waals surface area contributed by atoms with Gasteiger partial charge in [-0.15, -0.1) is 0 Å². The number of nitrogens with zero attached hydrogens (tertiary/aromatic N) is 3. The zero-order valence-corrected chi connectivity index (χ0v) is 12.1. The van der Waals surface area contributed by atoms with Crippen molar-refractivity contribution < 1.29 is 9.59 Å². The van der Waals surface area contributed by atoms with Gasteiger partial charge < -0.3 is 14.8 Å². The summed E-state index contributed by atoms with van der Waals surface area (Å²) in [6, 6.07) is -0.305. The van der Waals surface area contributed by atoms with Crippen LogP contribution in [-0.2, 0) is 22.6 Å². The van der Waals surface area contributed by atoms with Crippen LogP contribution in [0.4, 0.5) is 0 Å². The van der Waals surface area contributed by atoms with Crippen LogP contribution >= 0.6 is 0 Å². The highest BCUT2D eigenvalue weighted by atomic mass is 16.2. The van der Waals surface area contributed by atoms with E-state index in [4.69, 9.17) is 0 Å². The van der Waals surface area contributed by atoms with Crippen LogP contribution < -0.4 is 5.32 Å². The lowest BCUT2D eigenvalue weighted by molar-refractivity contribution is -0.140. The molecule has 1 aliphatic rings. The van der Waals surface area contributed by atoms with E-state index in [9.17, 15) is 9.59 Å². The number of aromatic amines is 1. The van der Waals surface area contributed by atoms with E-state index >= 15 is 0 Å². The Morgan fingerprint density at radius 3 is 2.85 bits per heavy atom. The van der Waals surface area contributed by atoms with Gasteiger partial charge in [0.05, 0.1) is 30.3 Å². The van der Waals surface area contributed by atoms with Crippen molar-refractivity contribution >= 4 is 11.8 Å². The molecule has 0 radical (unpaired) electrons. The number of hydrogen-bond donors (Lipinski definition) is 2. The average Bonchev–Trinajstić information content (AvgIpc) is 2.90. The second-order valence-corrected chi connectivity index (χ2v) is 5.11. The average molecular weight is 279 g/mol. The summed E-state index contributed by atoms with van der Waals surface area (Å²) in [5, 5.41) is 3.19. The van der Waals surface area contributed by atoms with Crippen LogP contribution in [0.3, 0.4) is 0 Å². The van der Waals surface area contributed by atoms with E-state index in [-0.39, 0.29) is 24.4 Å². The number of imidazole rings is 1. The van der Waals surface area contributed by atoms with Gasteiger partial charge in [0, 0.05) is 33.6 Å². The van der Waals surface area contributed by atoms with E-state index in [1.54, 1.807) is 25.3 Å². The fourth-order valence-corrected chi connectivity index (χ4v) is 2.21. The Bertz CT molecular complexity index is 497. The fraction of sp³-hybridized carbons (Fsp3) is 0.615. The Morgan fingerprint density at radius 2 is 2.20 bits per heavy atom. The monoisotopic (exact) mass is 279 g/mol. The van der Waals surface area contributed by atoms with Gasteiger partial charge in [-0.05, 0) is 6.92 Å². The van der Waals surface area contributed by atoms with Crippen molar-refractivity contribution in [1.82, 2.24) is 25.1 Å². The molecule has 0 aliphatic carbocycles. The van der Waals surface area contributed by atoms with E-state index in [0.29, 0.717) is 19.5 Å². The maximum atomic E-state index is 12.5. The first-order valence-corrected chi connectivity index (χ1v) is 6.76. The molecule has 0 spiro atoms. The largest absolute Gasteiger partial charge is 0.347 e. The van der Waals surface area contributed by atoms with Crippen LogP contribution in [-0.4, -0.2) is 64.8 Å². The van der Waals surface area contributed by atoms with Crippen molar-refractivity contribution in [1.29, 1.82) is 0 Å². The number of H-pyrrole nitrogens is 1. The maximum Gasteiger partial charge on any atom is 0.241 e. The van der Waals surface area contributed by atoms with Crippen LogP contribution in [0.15, 0.2) is 6.33 Å². The molecule has 2 N–H and O–H groups in total. The maximum absolute atomic E-state index is 12.5. The highest BCUT2D eigenvalue weighted by molar-refractivity contribution is 5.87. The van der Waals surface area contributed by atoms with Gasteiger partial charge in [-0.25, -0.2) is 4.98 Å². The third-order valence-corrected chi connectivity index (χ3v) is 3.55. The molecular formula is C13H21N5O2. The van der Waals surface area contributed by atoms with Gasteiger partial charge in [-0.3, -0.25) is 14.9 Å². The normalized spacial score (nSPS) is 17.4. The summed E-state index contributed by atoms with van der Waals surface area (Å²) < 4.78 is 0. The smallest absolute Gasteiger partial charge is 0.241 e. The molecule has 1 aromatic heterocycles. The third kappa shape index (κ3) is 2.98. The molecule has 2 amide bonds. The summed E-state index contributed by atoms with van der Waals surface area (Å²) in [5.41, 5.74) is 1.96. The topological polar surface area (TPSA) is 81.3 Å². The number of amides is 2. The highest BCUT2D eigenvalue weighted by Crippen LogP contribution is 2.13. The molecule has 1 atom stereocenters. The third-order valence-electron chi connectivity index (χ3n) is 3.55.